The number of anilines is 1. The van der Waals surface area contributed by atoms with Crippen molar-refractivity contribution in [1.29, 1.82) is 0 Å². The van der Waals surface area contributed by atoms with Crippen LogP contribution in [-0.4, -0.2) is 10.5 Å². The van der Waals surface area contributed by atoms with Crippen molar-refractivity contribution < 1.29 is 4.79 Å². The monoisotopic (exact) mass is 346 g/mol. The van der Waals surface area contributed by atoms with Crippen molar-refractivity contribution in [1.82, 2.24) is 4.57 Å². The summed E-state index contributed by atoms with van der Waals surface area (Å²) in [5.74, 6) is -0.207. The summed E-state index contributed by atoms with van der Waals surface area (Å²) in [6.07, 6.45) is 0.904. The van der Waals surface area contributed by atoms with E-state index >= 15 is 0 Å². The molecular weight excluding hydrogens is 332 g/mol. The van der Waals surface area contributed by atoms with Crippen molar-refractivity contribution in [2.24, 2.45) is 0 Å². The van der Waals surface area contributed by atoms with Crippen molar-refractivity contribution in [3.8, 4) is 0 Å². The van der Waals surface area contributed by atoms with E-state index < -0.39 is 0 Å². The summed E-state index contributed by atoms with van der Waals surface area (Å²) < 4.78 is 2.64. The number of benzene rings is 2. The molecule has 1 amide bonds. The van der Waals surface area contributed by atoms with Gasteiger partial charge in [0, 0.05) is 22.8 Å². The number of amides is 1. The number of nitrogens with zero attached hydrogens (tertiary/aromatic N) is 1. The molecule has 0 bridgehead atoms. The maximum Gasteiger partial charge on any atom is 0.308 e. The van der Waals surface area contributed by atoms with Gasteiger partial charge in [-0.1, -0.05) is 29.9 Å². The standard InChI is InChI=1S/C17H15ClN2O2S/c1-2-9-20-14-8-7-13(10-15(14)23-17(20)22)19-16(21)11-3-5-12(18)6-4-11/h3-8,10H,2,9H2,1H3,(H,19,21). The first-order chi connectivity index (χ1) is 11.1. The highest BCUT2D eigenvalue weighted by atomic mass is 35.5. The van der Waals surface area contributed by atoms with Crippen LogP contribution in [0.2, 0.25) is 5.02 Å². The molecule has 1 aromatic heterocycles. The summed E-state index contributed by atoms with van der Waals surface area (Å²) in [7, 11) is 0. The minimum Gasteiger partial charge on any atom is -0.322 e. The lowest BCUT2D eigenvalue weighted by molar-refractivity contribution is 0.102. The maximum atomic E-state index is 12.2. The van der Waals surface area contributed by atoms with Crippen LogP contribution >= 0.6 is 22.9 Å². The molecule has 4 nitrogen and oxygen atoms in total. The molecule has 0 fully saturated rings. The van der Waals surface area contributed by atoms with Gasteiger partial charge < -0.3 is 5.32 Å². The van der Waals surface area contributed by atoms with Gasteiger partial charge >= 0.3 is 4.87 Å². The number of carbonyl (C=O) groups is 1. The SMILES string of the molecule is CCCn1c(=O)sc2cc(NC(=O)c3ccc(Cl)cc3)ccc21. The molecule has 6 heteroatoms. The summed E-state index contributed by atoms with van der Waals surface area (Å²) in [6.45, 7) is 2.74. The second kappa shape index (κ2) is 6.56. The van der Waals surface area contributed by atoms with E-state index in [9.17, 15) is 9.59 Å². The number of thiazole rings is 1. The van der Waals surface area contributed by atoms with E-state index in [-0.39, 0.29) is 10.8 Å². The molecule has 3 aromatic rings. The molecule has 23 heavy (non-hydrogen) atoms. The molecule has 1 heterocycles. The van der Waals surface area contributed by atoms with Crippen LogP contribution in [0.25, 0.3) is 10.2 Å². The molecule has 0 radical (unpaired) electrons. The Bertz CT molecular complexity index is 912. The lowest BCUT2D eigenvalue weighted by Crippen LogP contribution is -2.12. The Morgan fingerprint density at radius 2 is 1.96 bits per heavy atom. The minimum atomic E-state index is -0.207. The molecule has 0 aliphatic carbocycles. The number of nitrogens with one attached hydrogen (secondary N) is 1. The van der Waals surface area contributed by atoms with Crippen molar-refractivity contribution in [2.45, 2.75) is 19.9 Å². The molecular formula is C17H15ClN2O2S. The van der Waals surface area contributed by atoms with Crippen LogP contribution in [0, 0.1) is 0 Å². The molecule has 0 aliphatic heterocycles. The van der Waals surface area contributed by atoms with Gasteiger partial charge in [0.15, 0.2) is 0 Å². The lowest BCUT2D eigenvalue weighted by Gasteiger charge is -2.06. The molecule has 118 valence electrons. The Morgan fingerprint density at radius 3 is 2.65 bits per heavy atom. The zero-order valence-corrected chi connectivity index (χ0v) is 14.1. The third-order valence-electron chi connectivity index (χ3n) is 3.48. The number of halogens is 1. The number of rotatable bonds is 4. The van der Waals surface area contributed by atoms with E-state index in [0.29, 0.717) is 22.8 Å². The van der Waals surface area contributed by atoms with Crippen LogP contribution in [0.15, 0.2) is 47.3 Å². The van der Waals surface area contributed by atoms with Crippen LogP contribution in [-0.2, 0) is 6.54 Å². The summed E-state index contributed by atoms with van der Waals surface area (Å²) >= 11 is 7.02. The third-order valence-corrected chi connectivity index (χ3v) is 4.67. The van der Waals surface area contributed by atoms with E-state index in [2.05, 4.69) is 5.32 Å². The van der Waals surface area contributed by atoms with E-state index in [1.54, 1.807) is 28.8 Å². The fourth-order valence-corrected chi connectivity index (χ4v) is 3.47. The molecule has 0 unspecified atom stereocenters. The normalized spacial score (nSPS) is 10.9. The predicted octanol–water partition coefficient (Wildman–Crippen LogP) is 4.38. The summed E-state index contributed by atoms with van der Waals surface area (Å²) in [6, 6.07) is 12.2. The molecule has 1 N–H and O–H groups in total. The number of aromatic nitrogens is 1. The van der Waals surface area contributed by atoms with Crippen LogP contribution in [0.5, 0.6) is 0 Å². The van der Waals surface area contributed by atoms with Gasteiger partial charge in [0.05, 0.1) is 10.2 Å². The molecule has 2 aromatic carbocycles. The maximum absolute atomic E-state index is 12.2. The number of fused-ring (bicyclic) bond motifs is 1. The van der Waals surface area contributed by atoms with Crippen LogP contribution in [0.1, 0.15) is 23.7 Å². The summed E-state index contributed by atoms with van der Waals surface area (Å²) in [4.78, 5) is 24.2. The molecule has 3 rings (SSSR count). The zero-order chi connectivity index (χ0) is 16.4. The lowest BCUT2D eigenvalue weighted by atomic mass is 10.2. The van der Waals surface area contributed by atoms with Crippen LogP contribution in [0.3, 0.4) is 0 Å². The summed E-state index contributed by atoms with van der Waals surface area (Å²) in [5, 5.41) is 3.43. The Labute approximate surface area is 142 Å². The Hall–Kier alpha value is -2.11. The smallest absolute Gasteiger partial charge is 0.308 e. The van der Waals surface area contributed by atoms with Gasteiger partial charge in [-0.25, -0.2) is 0 Å². The van der Waals surface area contributed by atoms with E-state index in [4.69, 9.17) is 11.6 Å². The van der Waals surface area contributed by atoms with Gasteiger partial charge in [0.25, 0.3) is 5.91 Å². The first-order valence-corrected chi connectivity index (χ1v) is 8.48. The summed E-state index contributed by atoms with van der Waals surface area (Å²) in [5.41, 5.74) is 2.11. The van der Waals surface area contributed by atoms with E-state index in [0.717, 1.165) is 16.6 Å². The Kier molecular flexibility index (Phi) is 4.50. The van der Waals surface area contributed by atoms with Gasteiger partial charge in [-0.05, 0) is 48.9 Å². The molecule has 0 saturated carbocycles. The van der Waals surface area contributed by atoms with Crippen LogP contribution in [0.4, 0.5) is 5.69 Å². The minimum absolute atomic E-state index is 0.0306. The quantitative estimate of drug-likeness (QED) is 0.762. The van der Waals surface area contributed by atoms with Crippen molar-refractivity contribution in [2.75, 3.05) is 5.32 Å². The van der Waals surface area contributed by atoms with E-state index in [1.165, 1.54) is 11.3 Å². The second-order valence-electron chi connectivity index (χ2n) is 5.16. The largest absolute Gasteiger partial charge is 0.322 e. The van der Waals surface area contributed by atoms with Gasteiger partial charge in [0.2, 0.25) is 0 Å². The molecule has 0 saturated heterocycles. The topological polar surface area (TPSA) is 51.1 Å². The van der Waals surface area contributed by atoms with E-state index in [1.807, 2.05) is 25.1 Å². The highest BCUT2D eigenvalue weighted by Crippen LogP contribution is 2.22. The number of aryl methyl sites for hydroxylation is 1. The van der Waals surface area contributed by atoms with Gasteiger partial charge in [0.1, 0.15) is 0 Å². The van der Waals surface area contributed by atoms with Gasteiger partial charge in [-0.3, -0.25) is 14.2 Å². The number of hydrogen-bond acceptors (Lipinski definition) is 3. The highest BCUT2D eigenvalue weighted by molar-refractivity contribution is 7.16. The third kappa shape index (κ3) is 3.30. The average Bonchev–Trinajstić information content (AvgIpc) is 2.83. The molecule has 0 aliphatic rings. The number of carbonyl (C=O) groups excluding carboxylic acids is 1. The van der Waals surface area contributed by atoms with Crippen molar-refractivity contribution >= 4 is 44.7 Å². The van der Waals surface area contributed by atoms with Crippen LogP contribution < -0.4 is 10.2 Å². The highest BCUT2D eigenvalue weighted by Gasteiger charge is 2.10. The molecule has 0 spiro atoms. The second-order valence-corrected chi connectivity index (χ2v) is 6.59. The fourth-order valence-electron chi connectivity index (χ4n) is 2.38. The Balaban J connectivity index is 1.87. The number of hydrogen-bond donors (Lipinski definition) is 1. The molecule has 0 atom stereocenters. The van der Waals surface area contributed by atoms with Crippen molar-refractivity contribution in [3.05, 3.63) is 62.7 Å². The van der Waals surface area contributed by atoms with Gasteiger partial charge in [-0.15, -0.1) is 0 Å². The van der Waals surface area contributed by atoms with Gasteiger partial charge in [-0.2, -0.15) is 0 Å². The van der Waals surface area contributed by atoms with Crippen molar-refractivity contribution in [3.63, 3.8) is 0 Å². The first kappa shape index (κ1) is 15.8. The fraction of sp³-hybridized carbons (Fsp3) is 0.176. The zero-order valence-electron chi connectivity index (χ0n) is 12.5. The first-order valence-electron chi connectivity index (χ1n) is 7.29. The average molecular weight is 347 g/mol. The Morgan fingerprint density at radius 1 is 1.22 bits per heavy atom. The predicted molar refractivity (Wildman–Crippen MR) is 95.8 cm³/mol.